The molecule has 0 radical (unpaired) electrons. The van der Waals surface area contributed by atoms with Gasteiger partial charge in [0.05, 0.1) is 12.1 Å². The number of hydrogen-bond donors (Lipinski definition) is 1. The molecular weight excluding hydrogens is 206 g/mol. The van der Waals surface area contributed by atoms with Crippen molar-refractivity contribution in [3.8, 4) is 0 Å². The molecule has 0 aromatic heterocycles. The summed E-state index contributed by atoms with van der Waals surface area (Å²) < 4.78 is 5.27. The molecule has 0 saturated carbocycles. The van der Waals surface area contributed by atoms with Gasteiger partial charge in [0.25, 0.3) is 0 Å². The summed E-state index contributed by atoms with van der Waals surface area (Å²) in [6.07, 6.45) is 0.299. The predicted molar refractivity (Wildman–Crippen MR) is 62.2 cm³/mol. The summed E-state index contributed by atoms with van der Waals surface area (Å²) in [5, 5.41) is 10.2. The second-order valence-corrected chi connectivity index (χ2v) is 5.91. The summed E-state index contributed by atoms with van der Waals surface area (Å²) in [5.41, 5.74) is -1.23. The first-order chi connectivity index (χ1) is 7.14. The maximum absolute atomic E-state index is 11.8. The van der Waals surface area contributed by atoms with E-state index >= 15 is 0 Å². The Bertz CT molecular complexity index is 270. The molecule has 4 heteroatoms. The van der Waals surface area contributed by atoms with Gasteiger partial charge in [-0.3, -0.25) is 0 Å². The van der Waals surface area contributed by atoms with E-state index in [1.165, 1.54) is 0 Å². The van der Waals surface area contributed by atoms with Crippen molar-refractivity contribution in [3.05, 3.63) is 0 Å². The number of nitrogens with zero attached hydrogens (tertiary/aromatic N) is 1. The summed E-state index contributed by atoms with van der Waals surface area (Å²) in [7, 11) is 0. The molecule has 1 N–H and O–H groups in total. The molecule has 1 aliphatic heterocycles. The Balaban J connectivity index is 2.57. The van der Waals surface area contributed by atoms with Crippen LogP contribution in [0.15, 0.2) is 0 Å². The number of carbonyl (C=O) groups is 1. The minimum Gasteiger partial charge on any atom is -0.444 e. The van der Waals surface area contributed by atoms with E-state index in [0.717, 1.165) is 0 Å². The molecule has 1 unspecified atom stereocenters. The fourth-order valence-electron chi connectivity index (χ4n) is 1.77. The molecular formula is C12H23NO3. The fourth-order valence-corrected chi connectivity index (χ4v) is 1.77. The van der Waals surface area contributed by atoms with Crippen LogP contribution in [-0.2, 0) is 4.74 Å². The lowest BCUT2D eigenvalue weighted by Gasteiger charge is -2.28. The van der Waals surface area contributed by atoms with E-state index < -0.39 is 11.2 Å². The molecule has 1 rings (SSSR count). The topological polar surface area (TPSA) is 49.8 Å². The van der Waals surface area contributed by atoms with Crippen LogP contribution in [0.2, 0.25) is 0 Å². The zero-order valence-electron chi connectivity index (χ0n) is 10.9. The zero-order valence-corrected chi connectivity index (χ0v) is 10.9. The number of rotatable bonds is 1. The molecule has 1 atom stereocenters. The second-order valence-electron chi connectivity index (χ2n) is 5.91. The van der Waals surface area contributed by atoms with E-state index in [4.69, 9.17) is 4.74 Å². The molecule has 94 valence electrons. The number of ether oxygens (including phenoxy) is 1. The standard InChI is InChI=1S/C12H23NO3/c1-9(2)12(15)6-7-13(8-12)10(14)16-11(3,4)5/h9,15H,6-8H2,1-5H3. The number of likely N-dealkylation sites (tertiary alicyclic amines) is 1. The molecule has 1 amide bonds. The van der Waals surface area contributed by atoms with Crippen LogP contribution >= 0.6 is 0 Å². The molecule has 1 aliphatic rings. The molecule has 0 aliphatic carbocycles. The van der Waals surface area contributed by atoms with Crippen LogP contribution in [0, 0.1) is 5.92 Å². The molecule has 0 spiro atoms. The van der Waals surface area contributed by atoms with E-state index in [1.54, 1.807) is 4.90 Å². The Hall–Kier alpha value is -0.770. The summed E-state index contributed by atoms with van der Waals surface area (Å²) in [6, 6.07) is 0. The molecule has 1 heterocycles. The number of β-amino-alcohol motifs (C(OH)–C–C–N with tert-alkyl or cyclic N) is 1. The Morgan fingerprint density at radius 1 is 1.44 bits per heavy atom. The quantitative estimate of drug-likeness (QED) is 0.748. The van der Waals surface area contributed by atoms with Crippen LogP contribution in [0.3, 0.4) is 0 Å². The molecule has 0 aromatic carbocycles. The zero-order chi connectivity index (χ0) is 12.6. The van der Waals surface area contributed by atoms with E-state index in [2.05, 4.69) is 0 Å². The molecule has 16 heavy (non-hydrogen) atoms. The normalized spacial score (nSPS) is 26.3. The summed E-state index contributed by atoms with van der Waals surface area (Å²) >= 11 is 0. The summed E-state index contributed by atoms with van der Waals surface area (Å²) in [4.78, 5) is 13.4. The van der Waals surface area contributed by atoms with Crippen LogP contribution in [0.4, 0.5) is 4.79 Å². The van der Waals surface area contributed by atoms with Crippen LogP contribution < -0.4 is 0 Å². The van der Waals surface area contributed by atoms with Crippen molar-refractivity contribution in [2.75, 3.05) is 13.1 Å². The average Bonchev–Trinajstić information content (AvgIpc) is 2.46. The number of hydrogen-bond acceptors (Lipinski definition) is 3. The predicted octanol–water partition coefficient (Wildman–Crippen LogP) is 2.01. The van der Waals surface area contributed by atoms with Crippen LogP contribution in [-0.4, -0.2) is 40.4 Å². The van der Waals surface area contributed by atoms with E-state index in [0.29, 0.717) is 19.5 Å². The second kappa shape index (κ2) is 4.24. The largest absolute Gasteiger partial charge is 0.444 e. The van der Waals surface area contributed by atoms with Crippen molar-refractivity contribution < 1.29 is 14.6 Å². The molecule has 1 fully saturated rings. The minimum absolute atomic E-state index is 0.153. The van der Waals surface area contributed by atoms with Crippen molar-refractivity contribution in [2.24, 2.45) is 5.92 Å². The summed E-state index contributed by atoms with van der Waals surface area (Å²) in [5.74, 6) is 0.153. The lowest BCUT2D eigenvalue weighted by Crippen LogP contribution is -2.41. The van der Waals surface area contributed by atoms with Crippen LogP contribution in [0.5, 0.6) is 0 Å². The number of amides is 1. The third kappa shape index (κ3) is 3.11. The first-order valence-electron chi connectivity index (χ1n) is 5.84. The van der Waals surface area contributed by atoms with Crippen LogP contribution in [0.25, 0.3) is 0 Å². The third-order valence-corrected chi connectivity index (χ3v) is 3.01. The van der Waals surface area contributed by atoms with Crippen LogP contribution in [0.1, 0.15) is 41.0 Å². The van der Waals surface area contributed by atoms with Gasteiger partial charge in [-0.05, 0) is 33.1 Å². The van der Waals surface area contributed by atoms with Gasteiger partial charge in [-0.1, -0.05) is 13.8 Å². The molecule has 4 nitrogen and oxygen atoms in total. The van der Waals surface area contributed by atoms with Gasteiger partial charge in [0, 0.05) is 6.54 Å². The first-order valence-corrected chi connectivity index (χ1v) is 5.84. The SMILES string of the molecule is CC(C)C1(O)CCN(C(=O)OC(C)(C)C)C1. The molecule has 1 saturated heterocycles. The van der Waals surface area contributed by atoms with E-state index in [1.807, 2.05) is 34.6 Å². The Kier molecular flexibility index (Phi) is 3.53. The fraction of sp³-hybridized carbons (Fsp3) is 0.917. The van der Waals surface area contributed by atoms with Gasteiger partial charge in [-0.25, -0.2) is 4.79 Å². The Labute approximate surface area is 97.6 Å². The van der Waals surface area contributed by atoms with Gasteiger partial charge >= 0.3 is 6.09 Å². The molecule has 0 aromatic rings. The highest BCUT2D eigenvalue weighted by Gasteiger charge is 2.41. The number of carbonyl (C=O) groups excluding carboxylic acids is 1. The lowest BCUT2D eigenvalue weighted by molar-refractivity contribution is -0.00568. The lowest BCUT2D eigenvalue weighted by atomic mass is 9.90. The van der Waals surface area contributed by atoms with Crippen molar-refractivity contribution >= 4 is 6.09 Å². The Morgan fingerprint density at radius 2 is 2.00 bits per heavy atom. The summed E-state index contributed by atoms with van der Waals surface area (Å²) in [6.45, 7) is 10.4. The molecule has 0 bridgehead atoms. The van der Waals surface area contributed by atoms with Crippen molar-refractivity contribution in [2.45, 2.75) is 52.2 Å². The maximum atomic E-state index is 11.8. The minimum atomic E-state index is -0.753. The average molecular weight is 229 g/mol. The van der Waals surface area contributed by atoms with Gasteiger partial charge in [0.2, 0.25) is 0 Å². The highest BCUT2D eigenvalue weighted by atomic mass is 16.6. The van der Waals surface area contributed by atoms with E-state index in [9.17, 15) is 9.90 Å². The van der Waals surface area contributed by atoms with Crippen molar-refractivity contribution in [1.29, 1.82) is 0 Å². The van der Waals surface area contributed by atoms with Gasteiger partial charge < -0.3 is 14.7 Å². The van der Waals surface area contributed by atoms with Crippen molar-refractivity contribution in [3.63, 3.8) is 0 Å². The smallest absolute Gasteiger partial charge is 0.410 e. The third-order valence-electron chi connectivity index (χ3n) is 3.01. The highest BCUT2D eigenvalue weighted by Crippen LogP contribution is 2.29. The van der Waals surface area contributed by atoms with Gasteiger partial charge in [-0.2, -0.15) is 0 Å². The number of aliphatic hydroxyl groups is 1. The van der Waals surface area contributed by atoms with Crippen molar-refractivity contribution in [1.82, 2.24) is 4.90 Å². The highest BCUT2D eigenvalue weighted by molar-refractivity contribution is 5.68. The van der Waals surface area contributed by atoms with Gasteiger partial charge in [-0.15, -0.1) is 0 Å². The van der Waals surface area contributed by atoms with Gasteiger partial charge in [0.15, 0.2) is 0 Å². The Morgan fingerprint density at radius 3 is 2.38 bits per heavy atom. The first kappa shape index (κ1) is 13.3. The monoisotopic (exact) mass is 229 g/mol. The van der Waals surface area contributed by atoms with Gasteiger partial charge in [0.1, 0.15) is 5.60 Å². The van der Waals surface area contributed by atoms with E-state index in [-0.39, 0.29) is 12.0 Å². The maximum Gasteiger partial charge on any atom is 0.410 e.